The number of nitrogens with zero attached hydrogens (tertiary/aromatic N) is 1. The molecule has 0 aliphatic rings. The van der Waals surface area contributed by atoms with Gasteiger partial charge in [0.2, 0.25) is 5.91 Å². The highest BCUT2D eigenvalue weighted by atomic mass is 32.2. The number of carbonyl (C=O) groups is 1. The topological polar surface area (TPSA) is 97.4 Å². The fourth-order valence-electron chi connectivity index (χ4n) is 2.33. The first kappa shape index (κ1) is 21.2. The molecule has 2 rings (SSSR count). The van der Waals surface area contributed by atoms with Crippen molar-refractivity contribution in [2.45, 2.75) is 43.9 Å². The maximum absolute atomic E-state index is 12.4. The SMILES string of the molecule is CCCCCNC(=O)CCc1csc(NS(=O)(=O)c2ccc(OC)cc2)n1. The zero-order chi connectivity index (χ0) is 19.7. The molecule has 0 saturated heterocycles. The van der Waals surface area contributed by atoms with Gasteiger partial charge in [0.05, 0.1) is 17.7 Å². The molecule has 7 nitrogen and oxygen atoms in total. The number of anilines is 1. The maximum Gasteiger partial charge on any atom is 0.263 e. The van der Waals surface area contributed by atoms with Crippen molar-refractivity contribution in [3.63, 3.8) is 0 Å². The molecule has 1 heterocycles. The van der Waals surface area contributed by atoms with E-state index in [0.29, 0.717) is 30.8 Å². The number of amides is 1. The molecule has 0 unspecified atom stereocenters. The van der Waals surface area contributed by atoms with Gasteiger partial charge in [-0.2, -0.15) is 0 Å². The zero-order valence-electron chi connectivity index (χ0n) is 15.5. The van der Waals surface area contributed by atoms with Gasteiger partial charge in [0.1, 0.15) is 5.75 Å². The number of benzene rings is 1. The van der Waals surface area contributed by atoms with Gasteiger partial charge in [-0.25, -0.2) is 13.4 Å². The van der Waals surface area contributed by atoms with E-state index in [1.165, 1.54) is 30.6 Å². The quantitative estimate of drug-likeness (QED) is 0.554. The summed E-state index contributed by atoms with van der Waals surface area (Å²) < 4.78 is 32.3. The highest BCUT2D eigenvalue weighted by Gasteiger charge is 2.16. The lowest BCUT2D eigenvalue weighted by Gasteiger charge is -2.06. The molecule has 0 fully saturated rings. The van der Waals surface area contributed by atoms with Crippen LogP contribution in [0.1, 0.15) is 38.3 Å². The Morgan fingerprint density at radius 2 is 1.96 bits per heavy atom. The summed E-state index contributed by atoms with van der Waals surface area (Å²) in [5, 5.41) is 4.92. The molecule has 0 bridgehead atoms. The predicted octanol–water partition coefficient (Wildman–Crippen LogP) is 3.19. The van der Waals surface area contributed by atoms with Crippen molar-refractivity contribution < 1.29 is 17.9 Å². The van der Waals surface area contributed by atoms with Gasteiger partial charge in [0.15, 0.2) is 5.13 Å². The van der Waals surface area contributed by atoms with Gasteiger partial charge in [0.25, 0.3) is 10.0 Å². The third kappa shape index (κ3) is 6.84. The van der Waals surface area contributed by atoms with Crippen LogP contribution in [-0.4, -0.2) is 33.0 Å². The van der Waals surface area contributed by atoms with E-state index in [1.807, 2.05) is 0 Å². The van der Waals surface area contributed by atoms with Crippen LogP contribution in [0.2, 0.25) is 0 Å². The number of thiazole rings is 1. The van der Waals surface area contributed by atoms with Gasteiger partial charge in [-0.05, 0) is 37.1 Å². The Bertz CT molecular complexity index is 833. The van der Waals surface area contributed by atoms with Crippen LogP contribution in [-0.2, 0) is 21.2 Å². The van der Waals surface area contributed by atoms with Crippen molar-refractivity contribution in [3.05, 3.63) is 35.3 Å². The van der Waals surface area contributed by atoms with Gasteiger partial charge in [-0.15, -0.1) is 11.3 Å². The number of carbonyl (C=O) groups excluding carboxylic acids is 1. The van der Waals surface area contributed by atoms with Crippen LogP contribution in [0.15, 0.2) is 34.5 Å². The molecule has 0 saturated carbocycles. The van der Waals surface area contributed by atoms with E-state index < -0.39 is 10.0 Å². The van der Waals surface area contributed by atoms with Gasteiger partial charge in [0, 0.05) is 18.3 Å². The molecular formula is C18H25N3O4S2. The van der Waals surface area contributed by atoms with E-state index in [1.54, 1.807) is 17.5 Å². The molecular weight excluding hydrogens is 386 g/mol. The summed E-state index contributed by atoms with van der Waals surface area (Å²) in [6.45, 7) is 2.81. The first-order valence-electron chi connectivity index (χ1n) is 8.82. The molecule has 1 aromatic carbocycles. The summed E-state index contributed by atoms with van der Waals surface area (Å²) in [5.41, 5.74) is 0.691. The highest BCUT2D eigenvalue weighted by Crippen LogP contribution is 2.22. The van der Waals surface area contributed by atoms with Crippen LogP contribution >= 0.6 is 11.3 Å². The number of hydrogen-bond donors (Lipinski definition) is 2. The molecule has 0 aliphatic carbocycles. The van der Waals surface area contributed by atoms with Gasteiger partial charge >= 0.3 is 0 Å². The predicted molar refractivity (Wildman–Crippen MR) is 107 cm³/mol. The third-order valence-electron chi connectivity index (χ3n) is 3.85. The molecule has 0 atom stereocenters. The molecule has 0 spiro atoms. The molecule has 9 heteroatoms. The number of methoxy groups -OCH3 is 1. The summed E-state index contributed by atoms with van der Waals surface area (Å²) in [5.74, 6) is 0.568. The molecule has 0 radical (unpaired) electrons. The van der Waals surface area contributed by atoms with Gasteiger partial charge < -0.3 is 10.1 Å². The number of unbranched alkanes of at least 4 members (excludes halogenated alkanes) is 2. The Morgan fingerprint density at radius 3 is 2.63 bits per heavy atom. The van der Waals surface area contributed by atoms with Gasteiger partial charge in [-0.1, -0.05) is 19.8 Å². The lowest BCUT2D eigenvalue weighted by molar-refractivity contribution is -0.121. The van der Waals surface area contributed by atoms with Crippen LogP contribution in [0, 0.1) is 0 Å². The number of rotatable bonds is 11. The van der Waals surface area contributed by atoms with E-state index in [9.17, 15) is 13.2 Å². The largest absolute Gasteiger partial charge is 0.497 e. The van der Waals surface area contributed by atoms with Crippen molar-refractivity contribution in [2.75, 3.05) is 18.4 Å². The summed E-state index contributed by atoms with van der Waals surface area (Å²) >= 11 is 1.20. The van der Waals surface area contributed by atoms with E-state index in [-0.39, 0.29) is 15.9 Å². The molecule has 1 amide bonds. The minimum atomic E-state index is -3.71. The Balaban J connectivity index is 1.86. The first-order valence-corrected chi connectivity index (χ1v) is 11.2. The number of nitrogens with one attached hydrogen (secondary N) is 2. The van der Waals surface area contributed by atoms with E-state index >= 15 is 0 Å². The van der Waals surface area contributed by atoms with E-state index in [2.05, 4.69) is 21.9 Å². The average molecular weight is 412 g/mol. The highest BCUT2D eigenvalue weighted by molar-refractivity contribution is 7.93. The van der Waals surface area contributed by atoms with Crippen molar-refractivity contribution in [3.8, 4) is 5.75 Å². The van der Waals surface area contributed by atoms with Crippen molar-refractivity contribution in [1.82, 2.24) is 10.3 Å². The molecule has 27 heavy (non-hydrogen) atoms. The smallest absolute Gasteiger partial charge is 0.263 e. The minimum Gasteiger partial charge on any atom is -0.497 e. The van der Waals surface area contributed by atoms with E-state index in [0.717, 1.165) is 19.3 Å². The summed E-state index contributed by atoms with van der Waals surface area (Å²) in [4.78, 5) is 16.2. The zero-order valence-corrected chi connectivity index (χ0v) is 17.2. The van der Waals surface area contributed by atoms with Gasteiger partial charge in [-0.3, -0.25) is 9.52 Å². The fraction of sp³-hybridized carbons (Fsp3) is 0.444. The maximum atomic E-state index is 12.4. The number of ether oxygens (including phenoxy) is 1. The Labute approximate surface area is 164 Å². The molecule has 2 aromatic rings. The Morgan fingerprint density at radius 1 is 1.22 bits per heavy atom. The molecule has 2 N–H and O–H groups in total. The van der Waals surface area contributed by atoms with Crippen LogP contribution in [0.4, 0.5) is 5.13 Å². The van der Waals surface area contributed by atoms with Crippen LogP contribution in [0.3, 0.4) is 0 Å². The standard InChI is InChI=1S/C18H25N3O4S2/c1-3-4-5-12-19-17(22)11-6-14-13-26-18(20-14)21-27(23,24)16-9-7-15(25-2)8-10-16/h7-10,13H,3-6,11-12H2,1-2H3,(H,19,22)(H,20,21). The molecule has 148 valence electrons. The van der Waals surface area contributed by atoms with Crippen LogP contribution in [0.25, 0.3) is 0 Å². The lowest BCUT2D eigenvalue weighted by atomic mass is 10.2. The van der Waals surface area contributed by atoms with Crippen molar-refractivity contribution >= 4 is 32.4 Å². The summed E-state index contributed by atoms with van der Waals surface area (Å²) in [6.07, 6.45) is 4.01. The molecule has 1 aromatic heterocycles. The first-order chi connectivity index (χ1) is 12.9. The Hall–Kier alpha value is -2.13. The normalized spacial score (nSPS) is 11.2. The van der Waals surface area contributed by atoms with Crippen molar-refractivity contribution in [2.24, 2.45) is 0 Å². The lowest BCUT2D eigenvalue weighted by Crippen LogP contribution is -2.24. The second kappa shape index (κ2) is 10.3. The fourth-order valence-corrected chi connectivity index (χ4v) is 4.33. The van der Waals surface area contributed by atoms with Crippen molar-refractivity contribution in [1.29, 1.82) is 0 Å². The summed E-state index contributed by atoms with van der Waals surface area (Å²) in [7, 11) is -2.19. The number of hydrogen-bond acceptors (Lipinski definition) is 6. The number of aromatic nitrogens is 1. The summed E-state index contributed by atoms with van der Waals surface area (Å²) in [6, 6.07) is 6.11. The number of aryl methyl sites for hydroxylation is 1. The van der Waals surface area contributed by atoms with Crippen LogP contribution in [0.5, 0.6) is 5.75 Å². The third-order valence-corrected chi connectivity index (χ3v) is 6.14. The number of sulfonamides is 1. The average Bonchev–Trinajstić information content (AvgIpc) is 3.10. The molecule has 0 aliphatic heterocycles. The van der Waals surface area contributed by atoms with Crippen LogP contribution < -0.4 is 14.8 Å². The minimum absolute atomic E-state index is 0.0144. The second-order valence-corrected chi connectivity index (χ2v) is 8.52. The monoisotopic (exact) mass is 411 g/mol. The second-order valence-electron chi connectivity index (χ2n) is 5.98. The Kier molecular flexibility index (Phi) is 8.05. The van der Waals surface area contributed by atoms with E-state index in [4.69, 9.17) is 4.74 Å².